The predicted octanol–water partition coefficient (Wildman–Crippen LogP) is 1.58. The number of hydrogen-bond acceptors (Lipinski definition) is 3. The first-order valence-corrected chi connectivity index (χ1v) is 6.50. The summed E-state index contributed by atoms with van der Waals surface area (Å²) in [6.07, 6.45) is 3.33. The minimum atomic E-state index is -0.0574. The molecule has 0 spiro atoms. The van der Waals surface area contributed by atoms with Gasteiger partial charge < -0.3 is 15.0 Å². The zero-order chi connectivity index (χ0) is 12.6. The lowest BCUT2D eigenvalue weighted by atomic mass is 9.77. The molecule has 0 unspecified atom stereocenters. The molecule has 96 valence electrons. The molecule has 4 heteroatoms. The molecule has 4 nitrogen and oxygen atoms in total. The third kappa shape index (κ3) is 1.82. The van der Waals surface area contributed by atoms with Crippen molar-refractivity contribution in [2.45, 2.75) is 31.3 Å². The molecule has 1 fully saturated rings. The van der Waals surface area contributed by atoms with Gasteiger partial charge in [0.15, 0.2) is 0 Å². The quantitative estimate of drug-likeness (QED) is 0.860. The molecule has 0 aliphatic heterocycles. The molecule has 0 bridgehead atoms. The van der Waals surface area contributed by atoms with Gasteiger partial charge in [0.1, 0.15) is 5.82 Å². The van der Waals surface area contributed by atoms with E-state index in [0.29, 0.717) is 6.54 Å². The number of aliphatic hydroxyl groups is 1. The second-order valence-electron chi connectivity index (χ2n) is 5.22. The van der Waals surface area contributed by atoms with Crippen LogP contribution >= 0.6 is 0 Å². The molecular formula is C14H19N3O. The Morgan fingerprint density at radius 3 is 2.78 bits per heavy atom. The summed E-state index contributed by atoms with van der Waals surface area (Å²) in [5.41, 5.74) is 2.13. The summed E-state index contributed by atoms with van der Waals surface area (Å²) >= 11 is 0. The largest absolute Gasteiger partial charge is 0.394 e. The summed E-state index contributed by atoms with van der Waals surface area (Å²) in [6.45, 7) is 0.933. The molecule has 0 radical (unpaired) electrons. The van der Waals surface area contributed by atoms with Gasteiger partial charge in [-0.25, -0.2) is 4.98 Å². The molecule has 0 saturated heterocycles. The molecule has 1 aromatic heterocycles. The molecule has 1 saturated carbocycles. The molecule has 2 aromatic rings. The maximum Gasteiger partial charge on any atom is 0.123 e. The van der Waals surface area contributed by atoms with Crippen molar-refractivity contribution in [1.29, 1.82) is 0 Å². The highest BCUT2D eigenvalue weighted by atomic mass is 16.3. The van der Waals surface area contributed by atoms with Gasteiger partial charge in [-0.15, -0.1) is 0 Å². The van der Waals surface area contributed by atoms with Crippen molar-refractivity contribution in [2.75, 3.05) is 6.61 Å². The van der Waals surface area contributed by atoms with E-state index in [-0.39, 0.29) is 12.1 Å². The van der Waals surface area contributed by atoms with Gasteiger partial charge in [-0.05, 0) is 31.4 Å². The lowest BCUT2D eigenvalue weighted by Crippen LogP contribution is -2.53. The van der Waals surface area contributed by atoms with Crippen LogP contribution in [0.3, 0.4) is 0 Å². The third-order valence-electron chi connectivity index (χ3n) is 4.11. The van der Waals surface area contributed by atoms with E-state index < -0.39 is 0 Å². The second-order valence-corrected chi connectivity index (χ2v) is 5.22. The van der Waals surface area contributed by atoms with Crippen LogP contribution in [0.25, 0.3) is 11.0 Å². The molecule has 18 heavy (non-hydrogen) atoms. The first-order chi connectivity index (χ1) is 8.74. The standard InChI is InChI=1S/C14H19N3O/c1-17-12-6-3-2-5-11(12)16-13(17)9-15-14(10-18)7-4-8-14/h2-3,5-6,15,18H,4,7-10H2,1H3. The summed E-state index contributed by atoms with van der Waals surface area (Å²) in [6, 6.07) is 8.15. The van der Waals surface area contributed by atoms with E-state index in [2.05, 4.69) is 20.9 Å². The average Bonchev–Trinajstić information content (AvgIpc) is 2.67. The van der Waals surface area contributed by atoms with Gasteiger partial charge in [0.25, 0.3) is 0 Å². The Bertz CT molecular complexity index is 552. The van der Waals surface area contributed by atoms with Crippen LogP contribution in [0.15, 0.2) is 24.3 Å². The number of aryl methyl sites for hydroxylation is 1. The fourth-order valence-electron chi connectivity index (χ4n) is 2.61. The van der Waals surface area contributed by atoms with Crippen LogP contribution in [0.4, 0.5) is 0 Å². The molecule has 1 aliphatic carbocycles. The SMILES string of the molecule is Cn1c(CNC2(CO)CCC2)nc2ccccc21. The highest BCUT2D eigenvalue weighted by molar-refractivity contribution is 5.75. The second kappa shape index (κ2) is 4.37. The Balaban J connectivity index is 1.80. The summed E-state index contributed by atoms with van der Waals surface area (Å²) in [4.78, 5) is 4.63. The van der Waals surface area contributed by atoms with E-state index in [1.54, 1.807) is 0 Å². The van der Waals surface area contributed by atoms with Crippen LogP contribution in [0.2, 0.25) is 0 Å². The number of benzene rings is 1. The Morgan fingerprint density at radius 1 is 1.39 bits per heavy atom. The van der Waals surface area contributed by atoms with Crippen molar-refractivity contribution < 1.29 is 5.11 Å². The van der Waals surface area contributed by atoms with E-state index in [4.69, 9.17) is 0 Å². The van der Waals surface area contributed by atoms with E-state index in [1.807, 2.05) is 25.2 Å². The maximum absolute atomic E-state index is 9.43. The summed E-state index contributed by atoms with van der Waals surface area (Å²) in [7, 11) is 2.04. The molecule has 0 atom stereocenters. The van der Waals surface area contributed by atoms with E-state index in [0.717, 1.165) is 29.7 Å². The van der Waals surface area contributed by atoms with Gasteiger partial charge in [0, 0.05) is 12.6 Å². The number of nitrogens with one attached hydrogen (secondary N) is 1. The number of aliphatic hydroxyl groups excluding tert-OH is 1. The van der Waals surface area contributed by atoms with Gasteiger partial charge in [-0.1, -0.05) is 12.1 Å². The van der Waals surface area contributed by atoms with E-state index in [9.17, 15) is 5.11 Å². The van der Waals surface area contributed by atoms with Crippen molar-refractivity contribution >= 4 is 11.0 Å². The molecule has 2 N–H and O–H groups in total. The lowest BCUT2D eigenvalue weighted by molar-refractivity contribution is 0.0863. The van der Waals surface area contributed by atoms with Crippen molar-refractivity contribution in [3.05, 3.63) is 30.1 Å². The third-order valence-corrected chi connectivity index (χ3v) is 4.11. The van der Waals surface area contributed by atoms with Crippen molar-refractivity contribution in [3.63, 3.8) is 0 Å². The number of aromatic nitrogens is 2. The number of imidazole rings is 1. The van der Waals surface area contributed by atoms with Crippen molar-refractivity contribution in [1.82, 2.24) is 14.9 Å². The van der Waals surface area contributed by atoms with Gasteiger partial charge >= 0.3 is 0 Å². The minimum absolute atomic E-state index is 0.0574. The average molecular weight is 245 g/mol. The van der Waals surface area contributed by atoms with Crippen LogP contribution in [-0.2, 0) is 13.6 Å². The Kier molecular flexibility index (Phi) is 2.84. The van der Waals surface area contributed by atoms with Crippen LogP contribution in [0.5, 0.6) is 0 Å². The fourth-order valence-corrected chi connectivity index (χ4v) is 2.61. The van der Waals surface area contributed by atoms with Crippen LogP contribution < -0.4 is 5.32 Å². The molecule has 1 aliphatic rings. The molecule has 3 rings (SSSR count). The number of nitrogens with zero attached hydrogens (tertiary/aromatic N) is 2. The van der Waals surface area contributed by atoms with Crippen LogP contribution in [-0.4, -0.2) is 26.8 Å². The van der Waals surface area contributed by atoms with Gasteiger partial charge in [0.05, 0.1) is 24.2 Å². The Hall–Kier alpha value is -1.39. The molecule has 1 aromatic carbocycles. The van der Waals surface area contributed by atoms with E-state index in [1.165, 1.54) is 6.42 Å². The lowest BCUT2D eigenvalue weighted by Gasteiger charge is -2.41. The monoisotopic (exact) mass is 245 g/mol. The summed E-state index contributed by atoms with van der Waals surface area (Å²) in [5, 5.41) is 12.9. The summed E-state index contributed by atoms with van der Waals surface area (Å²) < 4.78 is 2.12. The molecule has 0 amide bonds. The van der Waals surface area contributed by atoms with Gasteiger partial charge in [0.2, 0.25) is 0 Å². The first kappa shape index (κ1) is 11.7. The smallest absolute Gasteiger partial charge is 0.123 e. The normalized spacial score (nSPS) is 17.9. The molecular weight excluding hydrogens is 226 g/mol. The minimum Gasteiger partial charge on any atom is -0.394 e. The highest BCUT2D eigenvalue weighted by Gasteiger charge is 2.35. The van der Waals surface area contributed by atoms with E-state index >= 15 is 0 Å². The zero-order valence-electron chi connectivity index (χ0n) is 10.7. The Morgan fingerprint density at radius 2 is 2.17 bits per heavy atom. The summed E-state index contributed by atoms with van der Waals surface area (Å²) in [5.74, 6) is 1.02. The highest BCUT2D eigenvalue weighted by Crippen LogP contribution is 2.31. The van der Waals surface area contributed by atoms with Crippen LogP contribution in [0, 0.1) is 0 Å². The Labute approximate surface area is 107 Å². The molecule has 1 heterocycles. The van der Waals surface area contributed by atoms with Crippen molar-refractivity contribution in [3.8, 4) is 0 Å². The van der Waals surface area contributed by atoms with Gasteiger partial charge in [-0.2, -0.15) is 0 Å². The van der Waals surface area contributed by atoms with Crippen molar-refractivity contribution in [2.24, 2.45) is 7.05 Å². The first-order valence-electron chi connectivity index (χ1n) is 6.50. The topological polar surface area (TPSA) is 50.1 Å². The van der Waals surface area contributed by atoms with Crippen LogP contribution in [0.1, 0.15) is 25.1 Å². The number of hydrogen-bond donors (Lipinski definition) is 2. The van der Waals surface area contributed by atoms with Gasteiger partial charge in [-0.3, -0.25) is 0 Å². The number of rotatable bonds is 4. The maximum atomic E-state index is 9.43. The fraction of sp³-hybridized carbons (Fsp3) is 0.500. The predicted molar refractivity (Wildman–Crippen MR) is 71.2 cm³/mol. The number of para-hydroxylation sites is 2. The number of fused-ring (bicyclic) bond motifs is 1. The zero-order valence-corrected chi connectivity index (χ0v) is 10.7.